The van der Waals surface area contributed by atoms with Crippen molar-refractivity contribution in [2.75, 3.05) is 0 Å². The van der Waals surface area contributed by atoms with E-state index < -0.39 is 23.1 Å². The first kappa shape index (κ1) is 9.60. The number of epoxide rings is 1. The number of hydrogen-bond acceptors (Lipinski definition) is 4. The normalized spacial score (nSPS) is 23.5. The topological polar surface area (TPSA) is 93.0 Å². The lowest BCUT2D eigenvalue weighted by Gasteiger charge is -1.94. The summed E-state index contributed by atoms with van der Waals surface area (Å²) in [6.07, 6.45) is -1.28. The minimum Gasteiger partial charge on any atom is -0.479 e. The van der Waals surface area contributed by atoms with E-state index in [4.69, 9.17) is 9.84 Å². The van der Waals surface area contributed by atoms with E-state index in [1.807, 2.05) is 0 Å². The monoisotopic (exact) mass is 209 g/mol. The molecule has 0 radical (unpaired) electrons. The summed E-state index contributed by atoms with van der Waals surface area (Å²) >= 11 is 0. The van der Waals surface area contributed by atoms with Crippen molar-refractivity contribution >= 4 is 11.7 Å². The predicted molar refractivity (Wildman–Crippen MR) is 48.3 cm³/mol. The Hall–Kier alpha value is -1.95. The molecule has 0 amide bonds. The minimum absolute atomic E-state index is 0.0220. The van der Waals surface area contributed by atoms with Gasteiger partial charge in [-0.2, -0.15) is 0 Å². The number of ether oxygens (including phenoxy) is 1. The maximum Gasteiger partial charge on any atom is 0.335 e. The molecule has 6 heteroatoms. The third-order valence-corrected chi connectivity index (χ3v) is 2.17. The molecule has 2 atom stereocenters. The van der Waals surface area contributed by atoms with Gasteiger partial charge in [-0.25, -0.2) is 4.79 Å². The van der Waals surface area contributed by atoms with Gasteiger partial charge >= 0.3 is 5.97 Å². The lowest BCUT2D eigenvalue weighted by Crippen LogP contribution is -2.04. The van der Waals surface area contributed by atoms with Crippen LogP contribution in [0.25, 0.3) is 0 Å². The van der Waals surface area contributed by atoms with Crippen LogP contribution in [0.15, 0.2) is 24.3 Å². The van der Waals surface area contributed by atoms with Gasteiger partial charge in [0.25, 0.3) is 5.69 Å². The minimum atomic E-state index is -1.02. The third kappa shape index (κ3) is 1.79. The Balaban J connectivity index is 2.12. The van der Waals surface area contributed by atoms with Gasteiger partial charge in [-0.05, 0) is 17.7 Å². The van der Waals surface area contributed by atoms with Gasteiger partial charge in [0.15, 0.2) is 6.10 Å². The Morgan fingerprint density at radius 1 is 1.40 bits per heavy atom. The van der Waals surface area contributed by atoms with Crippen molar-refractivity contribution in [3.63, 3.8) is 0 Å². The maximum atomic E-state index is 10.5. The van der Waals surface area contributed by atoms with Crippen LogP contribution in [0.3, 0.4) is 0 Å². The van der Waals surface area contributed by atoms with Crippen molar-refractivity contribution in [1.82, 2.24) is 0 Å². The fourth-order valence-corrected chi connectivity index (χ4v) is 1.34. The number of nitro groups is 1. The molecule has 6 nitrogen and oxygen atoms in total. The maximum absolute atomic E-state index is 10.5. The van der Waals surface area contributed by atoms with Crippen molar-refractivity contribution in [2.24, 2.45) is 0 Å². The molecule has 1 N–H and O–H groups in total. The fourth-order valence-electron chi connectivity index (χ4n) is 1.34. The van der Waals surface area contributed by atoms with E-state index >= 15 is 0 Å². The summed E-state index contributed by atoms with van der Waals surface area (Å²) in [4.78, 5) is 20.3. The van der Waals surface area contributed by atoms with Crippen LogP contribution in [0.2, 0.25) is 0 Å². The number of carboxylic acid groups (broad SMARTS) is 1. The molecule has 2 rings (SSSR count). The Morgan fingerprint density at radius 2 is 2.00 bits per heavy atom. The van der Waals surface area contributed by atoms with Gasteiger partial charge in [0, 0.05) is 12.1 Å². The average molecular weight is 209 g/mol. The number of nitro benzene ring substituents is 1. The second-order valence-electron chi connectivity index (χ2n) is 3.16. The van der Waals surface area contributed by atoms with E-state index in [0.29, 0.717) is 5.56 Å². The number of aliphatic carboxylic acids is 1. The van der Waals surface area contributed by atoms with Gasteiger partial charge in [0.05, 0.1) is 4.92 Å². The molecular formula is C9H7NO5. The SMILES string of the molecule is O=C(O)C1OC1c1ccc([N+](=O)[O-])cc1. The van der Waals surface area contributed by atoms with Crippen LogP contribution in [0, 0.1) is 10.1 Å². The summed E-state index contributed by atoms with van der Waals surface area (Å²) in [6.45, 7) is 0. The zero-order valence-corrected chi connectivity index (χ0v) is 7.49. The quantitative estimate of drug-likeness (QED) is 0.457. The van der Waals surface area contributed by atoms with Crippen molar-refractivity contribution < 1.29 is 19.6 Å². The lowest BCUT2D eigenvalue weighted by molar-refractivity contribution is -0.384. The highest BCUT2D eigenvalue weighted by atomic mass is 16.6. The van der Waals surface area contributed by atoms with Gasteiger partial charge in [0.2, 0.25) is 0 Å². The molecule has 15 heavy (non-hydrogen) atoms. The van der Waals surface area contributed by atoms with Crippen LogP contribution in [0.4, 0.5) is 5.69 Å². The highest BCUT2D eigenvalue weighted by Crippen LogP contribution is 2.39. The third-order valence-electron chi connectivity index (χ3n) is 2.17. The second-order valence-corrected chi connectivity index (χ2v) is 3.16. The van der Waals surface area contributed by atoms with Crippen LogP contribution in [-0.2, 0) is 9.53 Å². The largest absolute Gasteiger partial charge is 0.479 e. The molecule has 0 aliphatic carbocycles. The number of nitrogens with zero attached hydrogens (tertiary/aromatic N) is 1. The van der Waals surface area contributed by atoms with E-state index in [0.717, 1.165) is 0 Å². The smallest absolute Gasteiger partial charge is 0.335 e. The Labute approximate surface area is 84.2 Å². The first-order valence-corrected chi connectivity index (χ1v) is 4.22. The van der Waals surface area contributed by atoms with E-state index in [1.165, 1.54) is 24.3 Å². The zero-order valence-electron chi connectivity index (χ0n) is 7.49. The Kier molecular flexibility index (Phi) is 2.12. The summed E-state index contributed by atoms with van der Waals surface area (Å²) < 4.78 is 4.90. The molecule has 1 heterocycles. The molecule has 1 aliphatic heterocycles. The summed E-state index contributed by atoms with van der Waals surface area (Å²) in [5.74, 6) is -1.02. The Bertz CT molecular complexity index is 413. The summed E-state index contributed by atoms with van der Waals surface area (Å²) in [7, 11) is 0. The van der Waals surface area contributed by atoms with Crippen molar-refractivity contribution in [3.05, 3.63) is 39.9 Å². The van der Waals surface area contributed by atoms with Crippen LogP contribution in [0.5, 0.6) is 0 Å². The summed E-state index contributed by atoms with van der Waals surface area (Å²) in [5.41, 5.74) is 0.624. The van der Waals surface area contributed by atoms with Gasteiger partial charge in [-0.3, -0.25) is 10.1 Å². The first-order chi connectivity index (χ1) is 7.09. The molecule has 0 spiro atoms. The van der Waals surface area contributed by atoms with Crippen molar-refractivity contribution in [1.29, 1.82) is 0 Å². The average Bonchev–Trinajstić information content (AvgIpc) is 2.97. The summed E-state index contributed by atoms with van der Waals surface area (Å²) in [6, 6.07) is 5.67. The van der Waals surface area contributed by atoms with Crippen LogP contribution >= 0.6 is 0 Å². The number of non-ortho nitro benzene ring substituents is 1. The van der Waals surface area contributed by atoms with Crippen LogP contribution < -0.4 is 0 Å². The second kappa shape index (κ2) is 3.32. The van der Waals surface area contributed by atoms with Gasteiger partial charge in [0.1, 0.15) is 6.10 Å². The molecule has 1 aromatic rings. The van der Waals surface area contributed by atoms with Gasteiger partial charge in [-0.1, -0.05) is 0 Å². The number of rotatable bonds is 3. The fraction of sp³-hybridized carbons (Fsp3) is 0.222. The summed E-state index contributed by atoms with van der Waals surface area (Å²) in [5, 5.41) is 18.9. The van der Waals surface area contributed by atoms with Crippen LogP contribution in [0.1, 0.15) is 11.7 Å². The molecule has 1 fully saturated rings. The highest BCUT2D eigenvalue weighted by molar-refractivity contribution is 5.76. The van der Waals surface area contributed by atoms with Gasteiger partial charge < -0.3 is 9.84 Å². The predicted octanol–water partition coefficient (Wildman–Crippen LogP) is 1.12. The Morgan fingerprint density at radius 3 is 2.40 bits per heavy atom. The molecule has 2 unspecified atom stereocenters. The molecular weight excluding hydrogens is 202 g/mol. The van der Waals surface area contributed by atoms with Crippen molar-refractivity contribution in [3.8, 4) is 0 Å². The van der Waals surface area contributed by atoms with E-state index in [-0.39, 0.29) is 5.69 Å². The van der Waals surface area contributed by atoms with E-state index in [2.05, 4.69) is 0 Å². The molecule has 1 aromatic carbocycles. The number of hydrogen-bond donors (Lipinski definition) is 1. The molecule has 78 valence electrons. The zero-order chi connectivity index (χ0) is 11.0. The van der Waals surface area contributed by atoms with Crippen LogP contribution in [-0.4, -0.2) is 22.1 Å². The van der Waals surface area contributed by atoms with Gasteiger partial charge in [-0.15, -0.1) is 0 Å². The lowest BCUT2D eigenvalue weighted by atomic mass is 10.1. The molecule has 1 aliphatic rings. The van der Waals surface area contributed by atoms with E-state index in [1.54, 1.807) is 0 Å². The molecule has 0 aromatic heterocycles. The van der Waals surface area contributed by atoms with E-state index in [9.17, 15) is 14.9 Å². The standard InChI is InChI=1S/C9H7NO5/c11-9(12)8-7(15-8)5-1-3-6(4-2-5)10(13)14/h1-4,7-8H,(H,11,12). The number of carboxylic acids is 1. The molecule has 0 bridgehead atoms. The number of carbonyl (C=O) groups is 1. The molecule has 1 saturated heterocycles. The van der Waals surface area contributed by atoms with Crippen molar-refractivity contribution in [2.45, 2.75) is 12.2 Å². The number of benzene rings is 1. The first-order valence-electron chi connectivity index (χ1n) is 4.22. The molecule has 0 saturated carbocycles. The highest BCUT2D eigenvalue weighted by Gasteiger charge is 2.46.